The SMILES string of the molecule is CC(C)N1C[C@H](C(=O)NC2CCC(C(C)(C)C)CC2)CC1=O. The van der Waals surface area contributed by atoms with Gasteiger partial charge in [0.1, 0.15) is 0 Å². The number of nitrogens with zero attached hydrogens (tertiary/aromatic N) is 1. The lowest BCUT2D eigenvalue weighted by molar-refractivity contribution is -0.130. The van der Waals surface area contributed by atoms with Gasteiger partial charge in [0.2, 0.25) is 11.8 Å². The number of amides is 2. The predicted octanol–water partition coefficient (Wildman–Crippen LogP) is 2.96. The highest BCUT2D eigenvalue weighted by Crippen LogP contribution is 2.37. The molecule has 2 fully saturated rings. The topological polar surface area (TPSA) is 49.4 Å². The van der Waals surface area contributed by atoms with E-state index in [0.717, 1.165) is 18.8 Å². The van der Waals surface area contributed by atoms with Gasteiger partial charge >= 0.3 is 0 Å². The molecule has 4 heteroatoms. The summed E-state index contributed by atoms with van der Waals surface area (Å²) in [7, 11) is 0. The summed E-state index contributed by atoms with van der Waals surface area (Å²) >= 11 is 0. The first-order valence-electron chi connectivity index (χ1n) is 8.78. The summed E-state index contributed by atoms with van der Waals surface area (Å²) in [5.41, 5.74) is 0.366. The van der Waals surface area contributed by atoms with Gasteiger partial charge in [-0.05, 0) is 50.9 Å². The second kappa shape index (κ2) is 6.59. The Bertz CT molecular complexity index is 417. The highest BCUT2D eigenvalue weighted by molar-refractivity contribution is 5.89. The largest absolute Gasteiger partial charge is 0.353 e. The molecular weight excluding hydrogens is 276 g/mol. The molecule has 4 nitrogen and oxygen atoms in total. The van der Waals surface area contributed by atoms with Gasteiger partial charge in [-0.3, -0.25) is 9.59 Å². The summed E-state index contributed by atoms with van der Waals surface area (Å²) in [5.74, 6) is 0.794. The zero-order valence-electron chi connectivity index (χ0n) is 14.8. The quantitative estimate of drug-likeness (QED) is 0.871. The zero-order valence-corrected chi connectivity index (χ0v) is 14.8. The summed E-state index contributed by atoms with van der Waals surface area (Å²) in [5, 5.41) is 3.20. The molecule has 1 aliphatic carbocycles. The lowest BCUT2D eigenvalue weighted by atomic mass is 9.71. The predicted molar refractivity (Wildman–Crippen MR) is 88.3 cm³/mol. The van der Waals surface area contributed by atoms with Crippen LogP contribution in [0.1, 0.15) is 66.7 Å². The molecule has 1 saturated carbocycles. The van der Waals surface area contributed by atoms with Crippen molar-refractivity contribution in [2.45, 2.75) is 78.8 Å². The minimum absolute atomic E-state index is 0.0794. The number of carbonyl (C=O) groups is 2. The second-order valence-corrected chi connectivity index (χ2v) is 8.46. The molecular formula is C18H32N2O2. The zero-order chi connectivity index (χ0) is 16.5. The molecule has 0 aromatic heterocycles. The summed E-state index contributed by atoms with van der Waals surface area (Å²) in [6.45, 7) is 11.5. The van der Waals surface area contributed by atoms with E-state index in [1.54, 1.807) is 0 Å². The Morgan fingerprint density at radius 2 is 1.77 bits per heavy atom. The van der Waals surface area contributed by atoms with Gasteiger partial charge in [0.05, 0.1) is 5.92 Å². The highest BCUT2D eigenvalue weighted by atomic mass is 16.2. The van der Waals surface area contributed by atoms with Gasteiger partial charge in [0, 0.05) is 25.0 Å². The third-order valence-electron chi connectivity index (χ3n) is 5.45. The van der Waals surface area contributed by atoms with Gasteiger partial charge in [-0.25, -0.2) is 0 Å². The molecule has 0 spiro atoms. The van der Waals surface area contributed by atoms with E-state index in [4.69, 9.17) is 0 Å². The van der Waals surface area contributed by atoms with Crippen LogP contribution in [0.5, 0.6) is 0 Å². The van der Waals surface area contributed by atoms with Crippen molar-refractivity contribution in [1.82, 2.24) is 10.2 Å². The van der Waals surface area contributed by atoms with E-state index in [-0.39, 0.29) is 23.8 Å². The van der Waals surface area contributed by atoms with Crippen LogP contribution in [-0.4, -0.2) is 35.3 Å². The van der Waals surface area contributed by atoms with Crippen LogP contribution in [0.15, 0.2) is 0 Å². The molecule has 2 amide bonds. The van der Waals surface area contributed by atoms with Crippen LogP contribution in [0.2, 0.25) is 0 Å². The van der Waals surface area contributed by atoms with E-state index in [0.29, 0.717) is 24.4 Å². The van der Waals surface area contributed by atoms with Crippen LogP contribution in [0, 0.1) is 17.3 Å². The molecule has 0 radical (unpaired) electrons. The minimum Gasteiger partial charge on any atom is -0.353 e. The van der Waals surface area contributed by atoms with Crippen molar-refractivity contribution in [1.29, 1.82) is 0 Å². The van der Waals surface area contributed by atoms with E-state index >= 15 is 0 Å². The fourth-order valence-electron chi connectivity index (χ4n) is 3.83. The molecule has 1 saturated heterocycles. The molecule has 126 valence electrons. The van der Waals surface area contributed by atoms with Crippen molar-refractivity contribution in [3.63, 3.8) is 0 Å². The lowest BCUT2D eigenvalue weighted by Crippen LogP contribution is -2.43. The van der Waals surface area contributed by atoms with Crippen LogP contribution in [0.3, 0.4) is 0 Å². The van der Waals surface area contributed by atoms with Crippen molar-refractivity contribution in [3.05, 3.63) is 0 Å². The standard InChI is InChI=1S/C18H32N2O2/c1-12(2)20-11-13(10-16(20)21)17(22)19-15-8-6-14(7-9-15)18(3,4)5/h12-15H,6-11H2,1-5H3,(H,19,22)/t13-,14?,15?/m1/s1. The summed E-state index contributed by atoms with van der Waals surface area (Å²) in [6, 6.07) is 0.488. The van der Waals surface area contributed by atoms with Crippen LogP contribution in [-0.2, 0) is 9.59 Å². The third-order valence-corrected chi connectivity index (χ3v) is 5.45. The molecule has 1 aliphatic heterocycles. The summed E-state index contributed by atoms with van der Waals surface area (Å²) in [6.07, 6.45) is 4.90. The van der Waals surface area contributed by atoms with Crippen LogP contribution < -0.4 is 5.32 Å². The van der Waals surface area contributed by atoms with Gasteiger partial charge in [-0.15, -0.1) is 0 Å². The maximum atomic E-state index is 12.4. The Morgan fingerprint density at radius 3 is 2.23 bits per heavy atom. The van der Waals surface area contributed by atoms with E-state index < -0.39 is 0 Å². The first-order valence-corrected chi connectivity index (χ1v) is 8.78. The average Bonchev–Trinajstić information content (AvgIpc) is 2.80. The smallest absolute Gasteiger partial charge is 0.225 e. The Kier molecular flexibility index (Phi) is 5.18. The molecule has 0 bridgehead atoms. The van der Waals surface area contributed by atoms with Gasteiger partial charge < -0.3 is 10.2 Å². The van der Waals surface area contributed by atoms with Crippen LogP contribution >= 0.6 is 0 Å². The van der Waals surface area contributed by atoms with Crippen molar-refractivity contribution in [2.24, 2.45) is 17.3 Å². The number of hydrogen-bond donors (Lipinski definition) is 1. The minimum atomic E-state index is -0.157. The maximum absolute atomic E-state index is 12.4. The van der Waals surface area contributed by atoms with Crippen molar-refractivity contribution < 1.29 is 9.59 Å². The third kappa shape index (κ3) is 4.02. The first-order chi connectivity index (χ1) is 10.2. The van der Waals surface area contributed by atoms with E-state index in [1.165, 1.54) is 12.8 Å². The Hall–Kier alpha value is -1.06. The molecule has 0 aromatic carbocycles. The molecule has 22 heavy (non-hydrogen) atoms. The number of carbonyl (C=O) groups excluding carboxylic acids is 2. The molecule has 1 heterocycles. The van der Waals surface area contributed by atoms with Gasteiger partial charge in [-0.2, -0.15) is 0 Å². The molecule has 1 atom stereocenters. The van der Waals surface area contributed by atoms with Crippen LogP contribution in [0.4, 0.5) is 0 Å². The van der Waals surface area contributed by atoms with E-state index in [1.807, 2.05) is 18.7 Å². The number of likely N-dealkylation sites (tertiary alicyclic amines) is 1. The second-order valence-electron chi connectivity index (χ2n) is 8.46. The monoisotopic (exact) mass is 308 g/mol. The molecule has 2 rings (SSSR count). The fraction of sp³-hybridized carbons (Fsp3) is 0.889. The lowest BCUT2D eigenvalue weighted by Gasteiger charge is -2.37. The van der Waals surface area contributed by atoms with Gasteiger partial charge in [-0.1, -0.05) is 20.8 Å². The highest BCUT2D eigenvalue weighted by Gasteiger charge is 2.37. The number of hydrogen-bond acceptors (Lipinski definition) is 2. The Balaban J connectivity index is 1.81. The fourth-order valence-corrected chi connectivity index (χ4v) is 3.83. The van der Waals surface area contributed by atoms with Gasteiger partial charge in [0.15, 0.2) is 0 Å². The number of nitrogens with one attached hydrogen (secondary N) is 1. The van der Waals surface area contributed by atoms with Crippen molar-refractivity contribution in [3.8, 4) is 0 Å². The normalized spacial score (nSPS) is 30.0. The number of rotatable bonds is 3. The van der Waals surface area contributed by atoms with Gasteiger partial charge in [0.25, 0.3) is 0 Å². The molecule has 1 N–H and O–H groups in total. The summed E-state index contributed by atoms with van der Waals surface area (Å²) < 4.78 is 0. The van der Waals surface area contributed by atoms with Crippen molar-refractivity contribution >= 4 is 11.8 Å². The first kappa shape index (κ1) is 17.3. The average molecular weight is 308 g/mol. The Labute approximate surface area is 135 Å². The molecule has 0 unspecified atom stereocenters. The molecule has 0 aromatic rings. The summed E-state index contributed by atoms with van der Waals surface area (Å²) in [4.78, 5) is 26.2. The van der Waals surface area contributed by atoms with Crippen molar-refractivity contribution in [2.75, 3.05) is 6.54 Å². The van der Waals surface area contributed by atoms with E-state index in [2.05, 4.69) is 26.1 Å². The maximum Gasteiger partial charge on any atom is 0.225 e. The Morgan fingerprint density at radius 1 is 1.18 bits per heavy atom. The molecule has 2 aliphatic rings. The van der Waals surface area contributed by atoms with Crippen LogP contribution in [0.25, 0.3) is 0 Å². The van der Waals surface area contributed by atoms with E-state index in [9.17, 15) is 9.59 Å².